The number of hydrogen-bond acceptors (Lipinski definition) is 2. The number of benzene rings is 1. The van der Waals surface area contributed by atoms with E-state index in [0.29, 0.717) is 25.7 Å². The van der Waals surface area contributed by atoms with Gasteiger partial charge in [-0.3, -0.25) is 9.59 Å². The van der Waals surface area contributed by atoms with Crippen LogP contribution in [0.15, 0.2) is 24.3 Å². The molecule has 1 amide bonds. The van der Waals surface area contributed by atoms with E-state index in [-0.39, 0.29) is 11.7 Å². The quantitative estimate of drug-likeness (QED) is 0.746. The van der Waals surface area contributed by atoms with E-state index in [1.165, 1.54) is 0 Å². The van der Waals surface area contributed by atoms with Gasteiger partial charge in [-0.2, -0.15) is 0 Å². The highest BCUT2D eigenvalue weighted by molar-refractivity contribution is 5.92. The van der Waals surface area contributed by atoms with Gasteiger partial charge >= 0.3 is 0 Å². The highest BCUT2D eigenvalue weighted by atomic mass is 16.1. The van der Waals surface area contributed by atoms with E-state index in [9.17, 15) is 9.59 Å². The van der Waals surface area contributed by atoms with Crippen molar-refractivity contribution in [3.05, 3.63) is 29.8 Å². The minimum atomic E-state index is 0.00662. The lowest BCUT2D eigenvalue weighted by Crippen LogP contribution is -2.12. The van der Waals surface area contributed by atoms with Gasteiger partial charge in [-0.25, -0.2) is 0 Å². The molecule has 3 nitrogen and oxygen atoms in total. The Hall–Kier alpha value is -1.64. The summed E-state index contributed by atoms with van der Waals surface area (Å²) in [5, 5.41) is 2.92. The molecule has 1 N–H and O–H groups in total. The molecule has 0 spiro atoms. The van der Waals surface area contributed by atoms with Gasteiger partial charge in [0.05, 0.1) is 0 Å². The fourth-order valence-electron chi connectivity index (χ4n) is 2.12. The Morgan fingerprint density at radius 2 is 1.59 bits per heavy atom. The van der Waals surface area contributed by atoms with Gasteiger partial charge in [-0.1, -0.05) is 18.2 Å². The molecule has 0 unspecified atom stereocenters. The lowest BCUT2D eigenvalue weighted by atomic mass is 10.0. The van der Waals surface area contributed by atoms with Gasteiger partial charge in [0.25, 0.3) is 0 Å². The molecule has 0 atom stereocenters. The van der Waals surface area contributed by atoms with Crippen LogP contribution in [0.4, 0.5) is 5.69 Å². The molecular weight excluding hydrogens is 214 g/mol. The Morgan fingerprint density at radius 1 is 0.882 bits per heavy atom. The Bertz CT molecular complexity index is 426. The third-order valence-corrected chi connectivity index (χ3v) is 3.05. The molecule has 1 aromatic rings. The number of hydrogen-bond donors (Lipinski definition) is 1. The molecule has 2 rings (SSSR count). The zero-order valence-corrected chi connectivity index (χ0v) is 9.87. The summed E-state index contributed by atoms with van der Waals surface area (Å²) < 4.78 is 0. The van der Waals surface area contributed by atoms with Crippen molar-refractivity contribution in [3.63, 3.8) is 0 Å². The van der Waals surface area contributed by atoms with E-state index in [0.717, 1.165) is 24.1 Å². The Kier molecular flexibility index (Phi) is 3.91. The topological polar surface area (TPSA) is 46.2 Å². The van der Waals surface area contributed by atoms with Gasteiger partial charge in [0, 0.05) is 24.9 Å². The summed E-state index contributed by atoms with van der Waals surface area (Å²) in [4.78, 5) is 23.2. The number of carbonyl (C=O) groups excluding carboxylic acids is 2. The van der Waals surface area contributed by atoms with E-state index in [4.69, 9.17) is 0 Å². The van der Waals surface area contributed by atoms with E-state index in [2.05, 4.69) is 5.32 Å². The fourth-order valence-corrected chi connectivity index (χ4v) is 2.12. The number of ketones is 1. The molecule has 0 fully saturated rings. The predicted molar refractivity (Wildman–Crippen MR) is 66.9 cm³/mol. The van der Waals surface area contributed by atoms with Crippen molar-refractivity contribution in [2.75, 3.05) is 5.32 Å². The van der Waals surface area contributed by atoms with Crippen molar-refractivity contribution >= 4 is 17.4 Å². The second-order valence-corrected chi connectivity index (χ2v) is 4.45. The van der Waals surface area contributed by atoms with Crippen LogP contribution in [-0.2, 0) is 16.0 Å². The van der Waals surface area contributed by atoms with Crippen molar-refractivity contribution < 1.29 is 9.59 Å². The van der Waals surface area contributed by atoms with Crippen LogP contribution in [0.25, 0.3) is 0 Å². The van der Waals surface area contributed by atoms with Crippen molar-refractivity contribution in [1.29, 1.82) is 0 Å². The molecular formula is C14H17NO2. The number of aryl methyl sites for hydroxylation is 1. The van der Waals surface area contributed by atoms with E-state index in [1.807, 2.05) is 24.3 Å². The summed E-state index contributed by atoms with van der Waals surface area (Å²) in [5.74, 6) is 0.282. The summed E-state index contributed by atoms with van der Waals surface area (Å²) in [7, 11) is 0. The Morgan fingerprint density at radius 3 is 2.41 bits per heavy atom. The summed E-state index contributed by atoms with van der Waals surface area (Å²) in [6.07, 6.45) is 3.97. The number of Topliss-reactive ketones (excluding diaryl/α,β-unsaturated/α-hetero) is 1. The van der Waals surface area contributed by atoms with Gasteiger partial charge in [0.2, 0.25) is 5.91 Å². The van der Waals surface area contributed by atoms with Crippen LogP contribution in [0.2, 0.25) is 0 Å². The normalized spacial score (nSPS) is 17.9. The second-order valence-electron chi connectivity index (χ2n) is 4.45. The number of amides is 1. The largest absolute Gasteiger partial charge is 0.326 e. The predicted octanol–water partition coefficient (Wildman–Crippen LogP) is 2.70. The highest BCUT2D eigenvalue weighted by Gasteiger charge is 2.10. The number of rotatable bonds is 0. The van der Waals surface area contributed by atoms with Crippen molar-refractivity contribution in [1.82, 2.24) is 0 Å². The van der Waals surface area contributed by atoms with Crippen LogP contribution in [0.5, 0.6) is 0 Å². The van der Waals surface area contributed by atoms with Crippen LogP contribution < -0.4 is 5.32 Å². The molecule has 0 aliphatic carbocycles. The van der Waals surface area contributed by atoms with Gasteiger partial charge in [0.15, 0.2) is 0 Å². The molecule has 0 saturated carbocycles. The zero-order chi connectivity index (χ0) is 12.1. The molecule has 0 aromatic heterocycles. The zero-order valence-electron chi connectivity index (χ0n) is 9.87. The minimum Gasteiger partial charge on any atom is -0.326 e. The van der Waals surface area contributed by atoms with Crippen LogP contribution in [0.1, 0.15) is 37.7 Å². The molecule has 3 heteroatoms. The van der Waals surface area contributed by atoms with Gasteiger partial charge in [-0.15, -0.1) is 0 Å². The summed E-state index contributed by atoms with van der Waals surface area (Å²) in [6, 6.07) is 7.82. The molecule has 90 valence electrons. The van der Waals surface area contributed by atoms with Gasteiger partial charge in [-0.05, 0) is 30.9 Å². The molecule has 1 aliphatic rings. The lowest BCUT2D eigenvalue weighted by molar-refractivity contribution is -0.119. The molecule has 0 saturated heterocycles. The maximum absolute atomic E-state index is 11.7. The Balaban J connectivity index is 2.17. The average molecular weight is 231 g/mol. The standard InChI is InChI=1S/C14H17NO2/c16-12-7-3-6-11-5-1-2-9-13(11)15-14(17)10-4-8-12/h1-2,5,9H,3-4,6-8,10H2,(H,15,17). The van der Waals surface area contributed by atoms with Gasteiger partial charge < -0.3 is 5.32 Å². The first kappa shape index (κ1) is 11.8. The summed E-state index contributed by atoms with van der Waals surface area (Å²) in [5.41, 5.74) is 2.02. The highest BCUT2D eigenvalue weighted by Crippen LogP contribution is 2.19. The molecule has 1 heterocycles. The summed E-state index contributed by atoms with van der Waals surface area (Å²) in [6.45, 7) is 0. The number of para-hydroxylation sites is 1. The molecule has 17 heavy (non-hydrogen) atoms. The SMILES string of the molecule is O=C1CCCC(=O)Nc2ccccc2CCC1. The van der Waals surface area contributed by atoms with Crippen molar-refractivity contribution in [2.24, 2.45) is 0 Å². The number of fused-ring (bicyclic) bond motifs is 1. The third-order valence-electron chi connectivity index (χ3n) is 3.05. The van der Waals surface area contributed by atoms with E-state index < -0.39 is 0 Å². The number of carbonyl (C=O) groups is 2. The van der Waals surface area contributed by atoms with Crippen molar-refractivity contribution in [2.45, 2.75) is 38.5 Å². The molecule has 0 radical (unpaired) electrons. The van der Waals surface area contributed by atoms with Crippen LogP contribution in [0.3, 0.4) is 0 Å². The first-order chi connectivity index (χ1) is 8.25. The Labute approximate surface area is 101 Å². The maximum Gasteiger partial charge on any atom is 0.224 e. The number of anilines is 1. The molecule has 0 bridgehead atoms. The molecule has 1 aliphatic heterocycles. The minimum absolute atomic E-state index is 0.00662. The average Bonchev–Trinajstić information content (AvgIpc) is 2.33. The molecule has 1 aromatic carbocycles. The van der Waals surface area contributed by atoms with Crippen molar-refractivity contribution in [3.8, 4) is 0 Å². The first-order valence-corrected chi connectivity index (χ1v) is 6.15. The van der Waals surface area contributed by atoms with E-state index >= 15 is 0 Å². The van der Waals surface area contributed by atoms with Crippen LogP contribution in [0, 0.1) is 0 Å². The van der Waals surface area contributed by atoms with Crippen LogP contribution >= 0.6 is 0 Å². The number of nitrogens with one attached hydrogen (secondary N) is 1. The maximum atomic E-state index is 11.7. The van der Waals surface area contributed by atoms with E-state index in [1.54, 1.807) is 0 Å². The third kappa shape index (κ3) is 3.41. The summed E-state index contributed by atoms with van der Waals surface area (Å²) >= 11 is 0. The monoisotopic (exact) mass is 231 g/mol. The fraction of sp³-hybridized carbons (Fsp3) is 0.429. The second kappa shape index (κ2) is 5.62. The van der Waals surface area contributed by atoms with Crippen LogP contribution in [-0.4, -0.2) is 11.7 Å². The van der Waals surface area contributed by atoms with Gasteiger partial charge in [0.1, 0.15) is 5.78 Å². The first-order valence-electron chi connectivity index (χ1n) is 6.15. The smallest absolute Gasteiger partial charge is 0.224 e. The lowest BCUT2D eigenvalue weighted by Gasteiger charge is -2.09.